The van der Waals surface area contributed by atoms with E-state index < -0.39 is 12.0 Å². The van der Waals surface area contributed by atoms with Crippen LogP contribution in [0.5, 0.6) is 0 Å². The first-order chi connectivity index (χ1) is 14.9. The summed E-state index contributed by atoms with van der Waals surface area (Å²) in [5, 5.41) is 12.2. The molecule has 164 valence electrons. The third-order valence-corrected chi connectivity index (χ3v) is 5.74. The molecule has 2 N–H and O–H groups in total. The van der Waals surface area contributed by atoms with Gasteiger partial charge >= 0.3 is 0 Å². The first-order valence-corrected chi connectivity index (χ1v) is 10.3. The molecule has 0 amide bonds. The summed E-state index contributed by atoms with van der Waals surface area (Å²) in [7, 11) is 3.54. The van der Waals surface area contributed by atoms with Gasteiger partial charge in [0.1, 0.15) is 11.6 Å². The van der Waals surface area contributed by atoms with Gasteiger partial charge in [0.05, 0.1) is 17.8 Å². The molecule has 1 fully saturated rings. The second-order valence-electron chi connectivity index (χ2n) is 7.79. The second kappa shape index (κ2) is 8.68. The van der Waals surface area contributed by atoms with Crippen molar-refractivity contribution in [2.75, 3.05) is 50.1 Å². The Hall–Kier alpha value is -2.91. The average Bonchev–Trinajstić information content (AvgIpc) is 2.78. The Morgan fingerprint density at radius 2 is 1.90 bits per heavy atom. The zero-order chi connectivity index (χ0) is 22.0. The number of rotatable bonds is 6. The van der Waals surface area contributed by atoms with Crippen molar-refractivity contribution in [1.29, 1.82) is 0 Å². The minimum Gasteiger partial charge on any atom is -0.395 e. The zero-order valence-electron chi connectivity index (χ0n) is 17.6. The van der Waals surface area contributed by atoms with Gasteiger partial charge in [-0.25, -0.2) is 18.7 Å². The van der Waals surface area contributed by atoms with E-state index in [1.165, 1.54) is 4.90 Å². The molecule has 0 aliphatic carbocycles. The van der Waals surface area contributed by atoms with E-state index >= 15 is 0 Å². The van der Waals surface area contributed by atoms with Crippen LogP contribution in [0.3, 0.4) is 0 Å². The molecule has 1 aliphatic rings. The van der Waals surface area contributed by atoms with Crippen molar-refractivity contribution in [2.45, 2.75) is 18.4 Å². The Labute approximate surface area is 179 Å². The van der Waals surface area contributed by atoms with Crippen molar-refractivity contribution < 1.29 is 13.9 Å². The average molecular weight is 428 g/mol. The number of likely N-dealkylation sites (N-methyl/N-ethyl adjacent to an activating group) is 2. The van der Waals surface area contributed by atoms with E-state index in [9.17, 15) is 8.78 Å². The summed E-state index contributed by atoms with van der Waals surface area (Å²) in [4.78, 5) is 17.0. The number of hydrogen-bond acceptors (Lipinski definition) is 7. The lowest BCUT2D eigenvalue weighted by atomic mass is 10.0. The third kappa shape index (κ3) is 4.28. The Bertz CT molecular complexity index is 1050. The van der Waals surface area contributed by atoms with Crippen molar-refractivity contribution in [1.82, 2.24) is 20.3 Å². The van der Waals surface area contributed by atoms with Gasteiger partial charge in [-0.15, -0.1) is 0 Å². The van der Waals surface area contributed by atoms with Crippen molar-refractivity contribution >= 4 is 22.5 Å². The molecule has 31 heavy (non-hydrogen) atoms. The number of aliphatic hydroxyl groups excluding tert-OH is 1. The Morgan fingerprint density at radius 3 is 2.61 bits per heavy atom. The molecule has 0 saturated carbocycles. The van der Waals surface area contributed by atoms with Gasteiger partial charge in [0.25, 0.3) is 5.92 Å². The van der Waals surface area contributed by atoms with Crippen molar-refractivity contribution in [3.8, 4) is 11.3 Å². The lowest BCUT2D eigenvalue weighted by Crippen LogP contribution is -2.57. The van der Waals surface area contributed by atoms with Gasteiger partial charge in [0.2, 0.25) is 0 Å². The number of alkyl halides is 2. The minimum atomic E-state index is -2.83. The summed E-state index contributed by atoms with van der Waals surface area (Å²) in [5.74, 6) is -2.44. The minimum absolute atomic E-state index is 0.0690. The molecular weight excluding hydrogens is 402 g/mol. The maximum absolute atomic E-state index is 14.6. The molecule has 3 aromatic rings. The standard InChI is InChI=1S/C22H26F2N6O/c1-29(11-12-31)16-5-3-15(4-6-16)17-13-18-20(27-10-9-26-18)21(28-17)30(2)19-14-25-8-7-22(19,23)24/h3-6,9-10,13,19,25,31H,7-8,11-12,14H2,1-2H3. The predicted molar refractivity (Wildman–Crippen MR) is 118 cm³/mol. The van der Waals surface area contributed by atoms with Gasteiger partial charge in [-0.2, -0.15) is 0 Å². The number of anilines is 2. The highest BCUT2D eigenvalue weighted by Crippen LogP contribution is 2.34. The number of fused-ring (bicyclic) bond motifs is 1. The summed E-state index contributed by atoms with van der Waals surface area (Å²) in [6.07, 6.45) is 2.91. The summed E-state index contributed by atoms with van der Waals surface area (Å²) >= 11 is 0. The molecule has 0 spiro atoms. The number of benzene rings is 1. The van der Waals surface area contributed by atoms with Crippen molar-refractivity contribution in [2.24, 2.45) is 0 Å². The fourth-order valence-electron chi connectivity index (χ4n) is 3.89. The third-order valence-electron chi connectivity index (χ3n) is 5.74. The van der Waals surface area contributed by atoms with Crippen LogP contribution >= 0.6 is 0 Å². The number of hydrogen-bond donors (Lipinski definition) is 2. The van der Waals surface area contributed by atoms with Crippen LogP contribution in [0, 0.1) is 0 Å². The maximum Gasteiger partial charge on any atom is 0.270 e. The molecule has 1 unspecified atom stereocenters. The van der Waals surface area contributed by atoms with E-state index in [0.29, 0.717) is 35.6 Å². The summed E-state index contributed by atoms with van der Waals surface area (Å²) in [6.45, 7) is 1.06. The van der Waals surface area contributed by atoms with Crippen LogP contribution in [0.1, 0.15) is 6.42 Å². The smallest absolute Gasteiger partial charge is 0.270 e. The topological polar surface area (TPSA) is 77.4 Å². The number of nitrogens with one attached hydrogen (secondary N) is 1. The van der Waals surface area contributed by atoms with Gasteiger partial charge in [-0.3, -0.25) is 4.98 Å². The van der Waals surface area contributed by atoms with E-state index in [0.717, 1.165) is 11.3 Å². The molecule has 1 atom stereocenters. The highest BCUT2D eigenvalue weighted by atomic mass is 19.3. The molecule has 1 aromatic carbocycles. The molecule has 3 heterocycles. The van der Waals surface area contributed by atoms with Crippen LogP contribution in [-0.4, -0.2) is 72.4 Å². The van der Waals surface area contributed by atoms with Crippen LogP contribution in [0.15, 0.2) is 42.7 Å². The number of halogens is 2. The van der Waals surface area contributed by atoms with E-state index in [4.69, 9.17) is 10.1 Å². The predicted octanol–water partition coefficient (Wildman–Crippen LogP) is 2.55. The molecule has 1 aliphatic heterocycles. The largest absolute Gasteiger partial charge is 0.395 e. The molecule has 1 saturated heterocycles. The number of nitrogens with zero attached hydrogens (tertiary/aromatic N) is 5. The maximum atomic E-state index is 14.6. The molecule has 9 heteroatoms. The van der Waals surface area contributed by atoms with Gasteiger partial charge in [0.15, 0.2) is 5.82 Å². The Kier molecular flexibility index (Phi) is 5.97. The summed E-state index contributed by atoms with van der Waals surface area (Å²) < 4.78 is 29.3. The van der Waals surface area contributed by atoms with Crippen LogP contribution in [-0.2, 0) is 0 Å². The SMILES string of the molecule is CN(CCO)c1ccc(-c2cc3nccnc3c(N(C)C3CNCCC3(F)F)n2)cc1. The highest BCUT2D eigenvalue weighted by molar-refractivity contribution is 5.89. The Balaban J connectivity index is 1.75. The molecule has 2 aromatic heterocycles. The lowest BCUT2D eigenvalue weighted by Gasteiger charge is -2.38. The lowest BCUT2D eigenvalue weighted by molar-refractivity contribution is -0.0460. The quantitative estimate of drug-likeness (QED) is 0.625. The van der Waals surface area contributed by atoms with Gasteiger partial charge in [-0.05, 0) is 18.2 Å². The normalized spacial score (nSPS) is 18.2. The van der Waals surface area contributed by atoms with Crippen LogP contribution in [0.25, 0.3) is 22.3 Å². The van der Waals surface area contributed by atoms with Crippen molar-refractivity contribution in [3.63, 3.8) is 0 Å². The molecule has 4 rings (SSSR count). The van der Waals surface area contributed by atoms with Crippen molar-refractivity contribution in [3.05, 3.63) is 42.7 Å². The number of piperidine rings is 1. The first kappa shape index (κ1) is 21.3. The molecule has 0 radical (unpaired) electrons. The number of aromatic nitrogens is 3. The van der Waals surface area contributed by atoms with Gasteiger partial charge in [0, 0.05) is 63.8 Å². The van der Waals surface area contributed by atoms with E-state index in [2.05, 4.69) is 15.3 Å². The first-order valence-electron chi connectivity index (χ1n) is 10.3. The zero-order valence-corrected chi connectivity index (χ0v) is 17.6. The fraction of sp³-hybridized carbons (Fsp3) is 0.409. The summed E-state index contributed by atoms with van der Waals surface area (Å²) in [6, 6.07) is 8.53. The highest BCUT2D eigenvalue weighted by Gasteiger charge is 2.44. The molecule has 7 nitrogen and oxygen atoms in total. The molecular formula is C22H26F2N6O. The monoisotopic (exact) mass is 428 g/mol. The van der Waals surface area contributed by atoms with Crippen LogP contribution in [0.4, 0.5) is 20.3 Å². The van der Waals surface area contributed by atoms with E-state index in [1.807, 2.05) is 42.3 Å². The number of aliphatic hydroxyl groups is 1. The van der Waals surface area contributed by atoms with E-state index in [-0.39, 0.29) is 19.6 Å². The molecule has 0 bridgehead atoms. The summed E-state index contributed by atoms with van der Waals surface area (Å²) in [5.41, 5.74) is 3.54. The van der Waals surface area contributed by atoms with Crippen LogP contribution < -0.4 is 15.1 Å². The van der Waals surface area contributed by atoms with Gasteiger partial charge in [-0.1, -0.05) is 12.1 Å². The van der Waals surface area contributed by atoms with Gasteiger partial charge < -0.3 is 20.2 Å². The fourth-order valence-corrected chi connectivity index (χ4v) is 3.89. The van der Waals surface area contributed by atoms with E-state index in [1.54, 1.807) is 19.4 Å². The van der Waals surface area contributed by atoms with Crippen LogP contribution in [0.2, 0.25) is 0 Å². The second-order valence-corrected chi connectivity index (χ2v) is 7.79. The number of pyridine rings is 1. The Morgan fingerprint density at radius 1 is 1.16 bits per heavy atom.